The molecule has 0 fully saturated rings. The molecule has 1 nitrogen and oxygen atoms in total. The van der Waals surface area contributed by atoms with Gasteiger partial charge in [0.05, 0.1) is 0 Å². The minimum absolute atomic E-state index is 0.151. The topological polar surface area (TPSA) is 12.4 Å². The predicted molar refractivity (Wildman–Crippen MR) is 70.7 cm³/mol. The Bertz CT molecular complexity index is 446. The minimum atomic E-state index is 0.151. The van der Waals surface area contributed by atoms with Gasteiger partial charge in [0.1, 0.15) is 0 Å². The fourth-order valence-electron chi connectivity index (χ4n) is 2.14. The van der Waals surface area contributed by atoms with Crippen LogP contribution in [0.5, 0.6) is 0 Å². The molecule has 0 saturated heterocycles. The summed E-state index contributed by atoms with van der Waals surface area (Å²) in [6.45, 7) is 9.06. The molecule has 0 unspecified atom stereocenters. The summed E-state index contributed by atoms with van der Waals surface area (Å²) in [4.78, 5) is 4.73. The van der Waals surface area contributed by atoms with Crippen LogP contribution in [0.4, 0.5) is 5.69 Å². The van der Waals surface area contributed by atoms with Crippen LogP contribution in [0.15, 0.2) is 23.2 Å². The number of unbranched alkanes of at least 4 members (excludes halogenated alkanes) is 1. The number of benzene rings is 1. The second kappa shape index (κ2) is 5.09. The molecule has 94 valence electrons. The summed E-state index contributed by atoms with van der Waals surface area (Å²) >= 11 is 0.163. The van der Waals surface area contributed by atoms with Gasteiger partial charge in [-0.25, -0.2) is 0 Å². The second-order valence-electron chi connectivity index (χ2n) is 5.13. The molecule has 0 N–H and O–H groups in total. The summed E-state index contributed by atoms with van der Waals surface area (Å²) in [7, 11) is 0. The van der Waals surface area contributed by atoms with Crippen molar-refractivity contribution in [2.75, 3.05) is 4.43 Å². The van der Waals surface area contributed by atoms with Crippen LogP contribution in [-0.4, -0.2) is 10.1 Å². The molecule has 0 spiro atoms. The number of alkyl halides is 1. The van der Waals surface area contributed by atoms with Crippen molar-refractivity contribution in [2.45, 2.75) is 46.0 Å². The van der Waals surface area contributed by atoms with Crippen LogP contribution in [0.25, 0.3) is 0 Å². The Hall–Kier alpha value is -0.380. The van der Waals surface area contributed by atoms with Crippen LogP contribution in [0, 0.1) is 3.57 Å². The average Bonchev–Trinajstić information content (AvgIpc) is 2.51. The predicted octanol–water partition coefficient (Wildman–Crippen LogP) is 1.13. The van der Waals surface area contributed by atoms with Crippen LogP contribution in [0.3, 0.4) is 0 Å². The molecular formula is C15H21IN-. The van der Waals surface area contributed by atoms with Crippen LogP contribution >= 0.6 is 0 Å². The van der Waals surface area contributed by atoms with Gasteiger partial charge in [-0.2, -0.15) is 0 Å². The van der Waals surface area contributed by atoms with Gasteiger partial charge in [-0.3, -0.25) is 0 Å². The normalized spacial score (nSPS) is 17.1. The summed E-state index contributed by atoms with van der Waals surface area (Å²) in [5.41, 5.74) is 4.15. The van der Waals surface area contributed by atoms with E-state index >= 15 is 0 Å². The average molecular weight is 342 g/mol. The maximum atomic E-state index is 4.73. The Kier molecular flexibility index (Phi) is 3.91. The van der Waals surface area contributed by atoms with E-state index in [0.717, 1.165) is 0 Å². The molecule has 0 aliphatic carbocycles. The van der Waals surface area contributed by atoms with E-state index < -0.39 is 0 Å². The Morgan fingerprint density at radius 2 is 2.06 bits per heavy atom. The SMILES string of the molecule is CCCC[I-]c1cccc2c1C(C)(C)C(C)=N2. The van der Waals surface area contributed by atoms with Gasteiger partial charge in [-0.15, -0.1) is 0 Å². The molecule has 1 aromatic carbocycles. The van der Waals surface area contributed by atoms with Gasteiger partial charge < -0.3 is 0 Å². The number of nitrogens with zero attached hydrogens (tertiary/aromatic N) is 1. The molecule has 2 heteroatoms. The fraction of sp³-hybridized carbons (Fsp3) is 0.533. The number of halogens is 1. The van der Waals surface area contributed by atoms with Crippen molar-refractivity contribution in [3.63, 3.8) is 0 Å². The van der Waals surface area contributed by atoms with Crippen molar-refractivity contribution in [1.29, 1.82) is 0 Å². The van der Waals surface area contributed by atoms with Gasteiger partial charge in [-0.05, 0) is 0 Å². The maximum absolute atomic E-state index is 4.73. The van der Waals surface area contributed by atoms with Gasteiger partial charge in [0, 0.05) is 0 Å². The van der Waals surface area contributed by atoms with Gasteiger partial charge in [0.25, 0.3) is 0 Å². The first-order chi connectivity index (χ1) is 8.07. The first-order valence-electron chi connectivity index (χ1n) is 6.35. The Morgan fingerprint density at radius 1 is 1.29 bits per heavy atom. The van der Waals surface area contributed by atoms with E-state index in [9.17, 15) is 0 Å². The van der Waals surface area contributed by atoms with E-state index in [1.165, 1.54) is 34.2 Å². The standard InChI is InChI=1S/C15H21IN/c1-5-6-10-16-12-8-7-9-13-14(12)15(3,4)11(2)17-13/h7-9H,5-6,10H2,1-4H3/q-1. The summed E-state index contributed by atoms with van der Waals surface area (Å²) in [5.74, 6) is 0. The van der Waals surface area contributed by atoms with Crippen molar-refractivity contribution in [2.24, 2.45) is 4.99 Å². The molecule has 0 radical (unpaired) electrons. The molecule has 0 aromatic heterocycles. The number of hydrogen-bond donors (Lipinski definition) is 0. The molecule has 2 rings (SSSR count). The molecule has 1 heterocycles. The molecule has 0 amide bonds. The van der Waals surface area contributed by atoms with Crippen LogP contribution < -0.4 is 21.2 Å². The van der Waals surface area contributed by atoms with E-state index in [-0.39, 0.29) is 26.6 Å². The van der Waals surface area contributed by atoms with Gasteiger partial charge in [0.2, 0.25) is 0 Å². The van der Waals surface area contributed by atoms with Crippen LogP contribution in [0.1, 0.15) is 46.1 Å². The van der Waals surface area contributed by atoms with Crippen LogP contribution in [0.2, 0.25) is 0 Å². The van der Waals surface area contributed by atoms with E-state index in [4.69, 9.17) is 4.99 Å². The zero-order valence-corrected chi connectivity index (χ0v) is 13.3. The molecule has 0 bridgehead atoms. The van der Waals surface area contributed by atoms with E-state index in [1.807, 2.05) is 0 Å². The fourth-order valence-corrected chi connectivity index (χ4v) is 5.66. The third-order valence-corrected chi connectivity index (χ3v) is 6.56. The van der Waals surface area contributed by atoms with Gasteiger partial charge in [0.15, 0.2) is 0 Å². The molecule has 17 heavy (non-hydrogen) atoms. The van der Waals surface area contributed by atoms with E-state index in [1.54, 1.807) is 3.57 Å². The first kappa shape index (κ1) is 13.1. The van der Waals surface area contributed by atoms with Crippen molar-refractivity contribution in [3.8, 4) is 0 Å². The monoisotopic (exact) mass is 342 g/mol. The van der Waals surface area contributed by atoms with Gasteiger partial charge in [-0.1, -0.05) is 0 Å². The van der Waals surface area contributed by atoms with Crippen LogP contribution in [-0.2, 0) is 5.41 Å². The molecule has 0 atom stereocenters. The molecule has 1 aliphatic rings. The Morgan fingerprint density at radius 3 is 2.76 bits per heavy atom. The zero-order chi connectivity index (χ0) is 12.5. The van der Waals surface area contributed by atoms with E-state index in [2.05, 4.69) is 45.9 Å². The molecule has 1 aliphatic heterocycles. The van der Waals surface area contributed by atoms with E-state index in [0.29, 0.717) is 0 Å². The quantitative estimate of drug-likeness (QED) is 0.442. The summed E-state index contributed by atoms with van der Waals surface area (Å²) < 4.78 is 3.02. The molecular weight excluding hydrogens is 321 g/mol. The number of fused-ring (bicyclic) bond motifs is 1. The van der Waals surface area contributed by atoms with Crippen molar-refractivity contribution in [3.05, 3.63) is 27.3 Å². The third-order valence-electron chi connectivity index (χ3n) is 3.53. The summed E-state index contributed by atoms with van der Waals surface area (Å²) in [5, 5.41) is 0. The Balaban J connectivity index is 2.31. The molecule has 1 aromatic rings. The number of hydrogen-bond acceptors (Lipinski definition) is 1. The summed E-state index contributed by atoms with van der Waals surface area (Å²) in [6, 6.07) is 6.68. The van der Waals surface area contributed by atoms with Crippen molar-refractivity contribution < 1.29 is 21.2 Å². The first-order valence-corrected chi connectivity index (χ1v) is 8.96. The Labute approximate surface area is 115 Å². The number of rotatable bonds is 4. The third kappa shape index (κ3) is 2.42. The van der Waals surface area contributed by atoms with Crippen molar-refractivity contribution >= 4 is 11.4 Å². The molecule has 0 saturated carbocycles. The number of aliphatic imine (C=N–C) groups is 1. The second-order valence-corrected chi connectivity index (χ2v) is 8.14. The van der Waals surface area contributed by atoms with Gasteiger partial charge >= 0.3 is 115 Å². The van der Waals surface area contributed by atoms with Crippen molar-refractivity contribution in [1.82, 2.24) is 0 Å². The zero-order valence-electron chi connectivity index (χ0n) is 11.2. The summed E-state index contributed by atoms with van der Waals surface area (Å²) in [6.07, 6.45) is 2.69.